The van der Waals surface area contributed by atoms with Gasteiger partial charge in [-0.2, -0.15) is 0 Å². The van der Waals surface area contributed by atoms with Gasteiger partial charge < -0.3 is 70.0 Å². The summed E-state index contributed by atoms with van der Waals surface area (Å²) in [7, 11) is 0. The quantitative estimate of drug-likeness (QED) is 0.130. The van der Waals surface area contributed by atoms with E-state index in [1.807, 2.05) is 13.8 Å². The van der Waals surface area contributed by atoms with E-state index < -0.39 is 110 Å². The summed E-state index contributed by atoms with van der Waals surface area (Å²) in [5.41, 5.74) is -1.26. The molecule has 7 fully saturated rings. The van der Waals surface area contributed by atoms with Gasteiger partial charge in [-0.15, -0.1) is 0 Å². The molecule has 5 saturated carbocycles. The van der Waals surface area contributed by atoms with Gasteiger partial charge in [-0.1, -0.05) is 48.5 Å². The molecule has 7 rings (SSSR count). The molecule has 14 nitrogen and oxygen atoms in total. The summed E-state index contributed by atoms with van der Waals surface area (Å²) in [6.07, 6.45) is -9.86. The zero-order valence-electron chi connectivity index (χ0n) is 34.4. The van der Waals surface area contributed by atoms with Crippen LogP contribution in [0.2, 0.25) is 0 Å². The van der Waals surface area contributed by atoms with Crippen molar-refractivity contribution in [2.45, 2.75) is 192 Å². The highest BCUT2D eigenvalue weighted by atomic mass is 16.8. The summed E-state index contributed by atoms with van der Waals surface area (Å²) in [6, 6.07) is 0. The summed E-state index contributed by atoms with van der Waals surface area (Å²) < 4.78 is 24.3. The fraction of sp³-hybridized carbons (Fsp3) is 1.00. The third-order valence-electron chi connectivity index (χ3n) is 17.7. The number of aliphatic hydroxyl groups is 10. The van der Waals surface area contributed by atoms with E-state index in [-0.39, 0.29) is 39.9 Å². The van der Waals surface area contributed by atoms with Crippen molar-refractivity contribution in [1.82, 2.24) is 0 Å². The minimum absolute atomic E-state index is 0.0242. The third-order valence-corrected chi connectivity index (χ3v) is 17.7. The molecule has 2 aliphatic heterocycles. The van der Waals surface area contributed by atoms with Crippen molar-refractivity contribution in [2.24, 2.45) is 56.7 Å². The standard InChI is InChI=1S/C42H72O14/c1-19(2)21(45)9-8-20(3)29-22(46)14-39(6)26-11-10-25-38(4,5)28(12-13-41(25)18-42(26,41)15-27(47)40(29,39)7)55-37-35(33(51)31(49)24(17-44)54-37)56-36-34(52)32(50)30(48)23(16-43)53-36/h19-37,43-52H,8-18H2,1-7H3/t20-,21+,22+,23-,24-,25+,26+,27+,28+,29+,30-,31-,32+,33+,34-,35-,36+,37+,39+,40-,41-,42+/m1/s1. The van der Waals surface area contributed by atoms with Crippen LogP contribution in [0, 0.1) is 56.7 Å². The Morgan fingerprint density at radius 2 is 1.29 bits per heavy atom. The fourth-order valence-electron chi connectivity index (χ4n) is 14.5. The molecule has 324 valence electrons. The van der Waals surface area contributed by atoms with Gasteiger partial charge in [-0.05, 0) is 109 Å². The molecule has 0 aromatic rings. The molecule has 2 saturated heterocycles. The van der Waals surface area contributed by atoms with Crippen LogP contribution in [0.25, 0.3) is 0 Å². The molecular weight excluding hydrogens is 728 g/mol. The molecule has 14 heteroatoms. The highest BCUT2D eigenvalue weighted by Gasteiger charge is 2.84. The second kappa shape index (κ2) is 15.1. The van der Waals surface area contributed by atoms with Crippen LogP contribution in [0.15, 0.2) is 0 Å². The normalized spacial score (nSPS) is 54.8. The number of rotatable bonds is 11. The molecule has 0 radical (unpaired) electrons. The Morgan fingerprint density at radius 1 is 0.679 bits per heavy atom. The van der Waals surface area contributed by atoms with E-state index in [2.05, 4.69) is 34.6 Å². The maximum atomic E-state index is 12.4. The van der Waals surface area contributed by atoms with Crippen LogP contribution < -0.4 is 0 Å². The second-order valence-electron chi connectivity index (χ2n) is 20.7. The number of fused-ring (bicyclic) bond motifs is 2. The van der Waals surface area contributed by atoms with Crippen molar-refractivity contribution in [1.29, 1.82) is 0 Å². The van der Waals surface area contributed by atoms with E-state index in [0.717, 1.165) is 32.1 Å². The maximum Gasteiger partial charge on any atom is 0.187 e. The van der Waals surface area contributed by atoms with E-state index in [1.165, 1.54) is 0 Å². The van der Waals surface area contributed by atoms with E-state index in [1.54, 1.807) is 0 Å². The average molecular weight is 801 g/mol. The van der Waals surface area contributed by atoms with Crippen LogP contribution in [0.5, 0.6) is 0 Å². The molecule has 7 aliphatic rings. The largest absolute Gasteiger partial charge is 0.394 e. The first-order valence-electron chi connectivity index (χ1n) is 21.4. The summed E-state index contributed by atoms with van der Waals surface area (Å²) in [5.74, 6) is 0.798. The molecule has 0 unspecified atom stereocenters. The Labute approximate surface area is 331 Å². The van der Waals surface area contributed by atoms with Crippen molar-refractivity contribution < 1.29 is 70.0 Å². The third kappa shape index (κ3) is 6.24. The molecule has 0 bridgehead atoms. The molecule has 2 heterocycles. The van der Waals surface area contributed by atoms with Gasteiger partial charge in [0.1, 0.15) is 48.8 Å². The molecule has 5 aliphatic carbocycles. The first-order chi connectivity index (χ1) is 26.2. The van der Waals surface area contributed by atoms with Crippen molar-refractivity contribution >= 4 is 0 Å². The molecule has 0 amide bonds. The van der Waals surface area contributed by atoms with Crippen LogP contribution in [0.1, 0.15) is 106 Å². The van der Waals surface area contributed by atoms with Gasteiger partial charge in [0, 0.05) is 5.41 Å². The van der Waals surface area contributed by atoms with Crippen molar-refractivity contribution in [3.63, 3.8) is 0 Å². The first kappa shape index (κ1) is 43.5. The van der Waals surface area contributed by atoms with Crippen LogP contribution in [0.4, 0.5) is 0 Å². The predicted octanol–water partition coefficient (Wildman–Crippen LogP) is 0.810. The molecule has 10 N–H and O–H groups in total. The van der Waals surface area contributed by atoms with Crippen molar-refractivity contribution in [2.75, 3.05) is 13.2 Å². The summed E-state index contributed by atoms with van der Waals surface area (Å²) in [4.78, 5) is 0. The van der Waals surface area contributed by atoms with Gasteiger partial charge in [0.2, 0.25) is 0 Å². The van der Waals surface area contributed by atoms with Gasteiger partial charge >= 0.3 is 0 Å². The lowest BCUT2D eigenvalue weighted by Crippen LogP contribution is -2.65. The Morgan fingerprint density at radius 3 is 1.91 bits per heavy atom. The van der Waals surface area contributed by atoms with E-state index in [4.69, 9.17) is 18.9 Å². The zero-order valence-corrected chi connectivity index (χ0v) is 34.4. The minimum atomic E-state index is -1.76. The van der Waals surface area contributed by atoms with Gasteiger partial charge in [0.25, 0.3) is 0 Å². The smallest absolute Gasteiger partial charge is 0.187 e. The zero-order chi connectivity index (χ0) is 41.1. The highest BCUT2D eigenvalue weighted by molar-refractivity contribution is 5.32. The Hall–Kier alpha value is -0.560. The van der Waals surface area contributed by atoms with Crippen LogP contribution in [-0.2, 0) is 18.9 Å². The van der Waals surface area contributed by atoms with E-state index >= 15 is 0 Å². The monoisotopic (exact) mass is 800 g/mol. The Kier molecular flexibility index (Phi) is 11.7. The molecule has 56 heavy (non-hydrogen) atoms. The number of hydrogen-bond donors (Lipinski definition) is 10. The fourth-order valence-corrected chi connectivity index (χ4v) is 14.5. The SMILES string of the molecule is CC(C)[C@@H](O)CC[C@@H](C)[C@H]1[C@@H](O)C[C@@]2(C)[C@@H]3CC[C@H]4C(C)(C)[C@@H](O[C@@H]5O[C@H](CO)[C@@H](O)[C@H](O)[C@H]5O[C@@H]5O[C@H](CO)[C@@H](O)[C@H](O)[C@H]5O)CC[C@@]45C[C@@]35C[C@H](O)[C@]12C. The number of hydrogen-bond acceptors (Lipinski definition) is 14. The van der Waals surface area contributed by atoms with Gasteiger partial charge in [-0.3, -0.25) is 0 Å². The second-order valence-corrected chi connectivity index (χ2v) is 20.7. The summed E-state index contributed by atoms with van der Waals surface area (Å²) >= 11 is 0. The summed E-state index contributed by atoms with van der Waals surface area (Å²) in [6.45, 7) is 13.9. The molecule has 22 atom stereocenters. The average Bonchev–Trinajstić information content (AvgIpc) is 3.74. The maximum absolute atomic E-state index is 12.4. The Bertz CT molecular complexity index is 1400. The van der Waals surface area contributed by atoms with Gasteiger partial charge in [0.05, 0.1) is 37.6 Å². The Balaban J connectivity index is 1.10. The van der Waals surface area contributed by atoms with Crippen LogP contribution >= 0.6 is 0 Å². The molecule has 0 aromatic heterocycles. The highest BCUT2D eigenvalue weighted by Crippen LogP contribution is 2.89. The lowest BCUT2D eigenvalue weighted by molar-refractivity contribution is -0.377. The van der Waals surface area contributed by atoms with Gasteiger partial charge in [0.15, 0.2) is 12.6 Å². The molecule has 2 spiro atoms. The topological polar surface area (TPSA) is 239 Å². The number of ether oxygens (including phenoxy) is 4. The van der Waals surface area contributed by atoms with Crippen LogP contribution in [0.3, 0.4) is 0 Å². The van der Waals surface area contributed by atoms with Crippen LogP contribution in [-0.4, -0.2) is 150 Å². The van der Waals surface area contributed by atoms with Crippen molar-refractivity contribution in [3.8, 4) is 0 Å². The summed E-state index contributed by atoms with van der Waals surface area (Å²) in [5, 5.41) is 108. The number of aliphatic hydroxyl groups excluding tert-OH is 10. The first-order valence-corrected chi connectivity index (χ1v) is 21.4. The molecular formula is C42H72O14. The van der Waals surface area contributed by atoms with Crippen molar-refractivity contribution in [3.05, 3.63) is 0 Å². The van der Waals surface area contributed by atoms with E-state index in [0.29, 0.717) is 31.6 Å². The predicted molar refractivity (Wildman–Crippen MR) is 200 cm³/mol. The lowest BCUT2D eigenvalue weighted by atomic mass is 9.41. The van der Waals surface area contributed by atoms with E-state index in [9.17, 15) is 51.1 Å². The van der Waals surface area contributed by atoms with Gasteiger partial charge in [-0.25, -0.2) is 0 Å². The lowest BCUT2D eigenvalue weighted by Gasteiger charge is -2.64. The molecule has 0 aromatic carbocycles. The minimum Gasteiger partial charge on any atom is -0.394 e.